The molecule has 1 heterocycles. The average molecular weight is 641 g/mol. The van der Waals surface area contributed by atoms with Crippen molar-refractivity contribution in [1.29, 1.82) is 0 Å². The zero-order valence-corrected chi connectivity index (χ0v) is 26.5. The number of alkyl carbamates (subject to hydrolysis) is 1. The van der Waals surface area contributed by atoms with Gasteiger partial charge < -0.3 is 42.6 Å². The van der Waals surface area contributed by atoms with Crippen LogP contribution in [-0.4, -0.2) is 82.0 Å². The van der Waals surface area contributed by atoms with Gasteiger partial charge in [-0.2, -0.15) is 0 Å². The number of aromatic nitrogens is 1. The first-order chi connectivity index (χ1) is 21.7. The summed E-state index contributed by atoms with van der Waals surface area (Å²) in [6.45, 7) is 6.42. The second kappa shape index (κ2) is 18.0. The zero-order chi connectivity index (χ0) is 34.3. The van der Waals surface area contributed by atoms with E-state index >= 15 is 0 Å². The Kier molecular flexibility index (Phi) is 14.6. The van der Waals surface area contributed by atoms with Crippen LogP contribution in [0.1, 0.15) is 51.7 Å². The third-order valence-corrected chi connectivity index (χ3v) is 6.34. The van der Waals surface area contributed by atoms with Crippen molar-refractivity contribution in [1.82, 2.24) is 26.3 Å². The topological polar surface area (TPSA) is 240 Å². The second-order valence-electron chi connectivity index (χ2n) is 11.6. The van der Waals surface area contributed by atoms with Gasteiger partial charge in [-0.15, -0.1) is 0 Å². The van der Waals surface area contributed by atoms with Crippen LogP contribution in [0.15, 0.2) is 59.9 Å². The highest BCUT2D eigenvalue weighted by molar-refractivity contribution is 6.38. The summed E-state index contributed by atoms with van der Waals surface area (Å²) >= 11 is 0. The number of guanidine groups is 1. The Balaban J connectivity index is 2.21. The van der Waals surface area contributed by atoms with Crippen LogP contribution < -0.4 is 32.7 Å². The molecule has 46 heavy (non-hydrogen) atoms. The van der Waals surface area contributed by atoms with Gasteiger partial charge in [0, 0.05) is 30.9 Å². The fourth-order valence-electron chi connectivity index (χ4n) is 4.12. The van der Waals surface area contributed by atoms with E-state index in [4.69, 9.17) is 16.2 Å². The number of nitrogens with zero attached hydrogens (tertiary/aromatic N) is 2. The van der Waals surface area contributed by atoms with Gasteiger partial charge in [0.25, 0.3) is 5.91 Å². The molecule has 1 aromatic carbocycles. The largest absolute Gasteiger partial charge is 0.445 e. The highest BCUT2D eigenvalue weighted by Crippen LogP contribution is 2.08. The molecule has 0 spiro atoms. The first-order valence-corrected chi connectivity index (χ1v) is 14.7. The van der Waals surface area contributed by atoms with Crippen LogP contribution in [0.2, 0.25) is 0 Å². The lowest BCUT2D eigenvalue weighted by Crippen LogP contribution is -2.60. The van der Waals surface area contributed by atoms with Gasteiger partial charge in [-0.3, -0.25) is 29.2 Å². The summed E-state index contributed by atoms with van der Waals surface area (Å²) in [5, 5.41) is 20.5. The second-order valence-corrected chi connectivity index (χ2v) is 11.6. The minimum absolute atomic E-state index is 0.0160. The lowest BCUT2D eigenvalue weighted by Gasteiger charge is -2.27. The molecular formula is C31H44N8O7. The molecule has 1 unspecified atom stereocenters. The molecule has 4 atom stereocenters. The van der Waals surface area contributed by atoms with Crippen LogP contribution in [0.4, 0.5) is 4.79 Å². The Morgan fingerprint density at radius 2 is 1.61 bits per heavy atom. The van der Waals surface area contributed by atoms with Gasteiger partial charge in [0.05, 0.1) is 12.1 Å². The number of aliphatic imine (C=N–C) groups is 1. The fourth-order valence-corrected chi connectivity index (χ4v) is 4.12. The van der Waals surface area contributed by atoms with E-state index in [9.17, 15) is 29.1 Å². The SMILES string of the molecule is C[C@@H](O)[C@H](NC(=O)[C@H](Cc1cccnc1)NC(=O)OCc1ccccc1)C(=O)NC(CCCN=C(N)N)C(=O)C(=O)NC(C)(C)C. The van der Waals surface area contributed by atoms with Gasteiger partial charge in [-0.1, -0.05) is 36.4 Å². The Bertz CT molecular complexity index is 1340. The van der Waals surface area contributed by atoms with E-state index in [0.29, 0.717) is 5.56 Å². The number of carbonyl (C=O) groups excluding carboxylic acids is 5. The van der Waals surface area contributed by atoms with Gasteiger partial charge in [0.2, 0.25) is 17.6 Å². The molecule has 0 saturated heterocycles. The van der Waals surface area contributed by atoms with Crippen molar-refractivity contribution in [3.05, 3.63) is 66.0 Å². The van der Waals surface area contributed by atoms with E-state index in [-0.39, 0.29) is 38.4 Å². The van der Waals surface area contributed by atoms with Crippen molar-refractivity contribution in [2.45, 2.75) is 83.3 Å². The number of rotatable bonds is 16. The predicted molar refractivity (Wildman–Crippen MR) is 170 cm³/mol. The molecule has 250 valence electrons. The predicted octanol–water partition coefficient (Wildman–Crippen LogP) is -0.193. The standard InChI is InChI=1S/C31H44N8O7/c1-19(40)24(27(43)36-22(13-9-15-35-29(32)33)25(41)28(44)39-31(2,3)4)38-26(42)23(16-21-12-8-14-34-17-21)37-30(45)46-18-20-10-6-5-7-11-20/h5-8,10-12,14,17,19,22-24,40H,9,13,15-16,18H2,1-4H3,(H,36,43)(H,37,45)(H,38,42)(H,39,44)(H4,32,33,35)/t19-,22?,23+,24+/m1/s1. The lowest BCUT2D eigenvalue weighted by molar-refractivity contribution is -0.141. The van der Waals surface area contributed by atoms with Crippen molar-refractivity contribution < 1.29 is 33.8 Å². The Hall–Kier alpha value is -5.05. The Morgan fingerprint density at radius 3 is 2.20 bits per heavy atom. The molecule has 0 saturated carbocycles. The number of hydrogen-bond donors (Lipinski definition) is 7. The third kappa shape index (κ3) is 13.7. The highest BCUT2D eigenvalue weighted by atomic mass is 16.5. The van der Waals surface area contributed by atoms with Gasteiger partial charge in [0.1, 0.15) is 18.7 Å². The van der Waals surface area contributed by atoms with E-state index < -0.39 is 59.4 Å². The maximum absolute atomic E-state index is 13.5. The van der Waals surface area contributed by atoms with Crippen molar-refractivity contribution in [2.75, 3.05) is 6.54 Å². The molecule has 1 aromatic heterocycles. The minimum Gasteiger partial charge on any atom is -0.445 e. The van der Waals surface area contributed by atoms with Crippen LogP contribution in [0, 0.1) is 0 Å². The Labute approximate surface area is 267 Å². The molecule has 15 heteroatoms. The van der Waals surface area contributed by atoms with E-state index in [0.717, 1.165) is 5.56 Å². The average Bonchev–Trinajstić information content (AvgIpc) is 2.99. The van der Waals surface area contributed by atoms with Gasteiger partial charge >= 0.3 is 6.09 Å². The molecule has 15 nitrogen and oxygen atoms in total. The van der Waals surface area contributed by atoms with Crippen molar-refractivity contribution in [3.8, 4) is 0 Å². The van der Waals surface area contributed by atoms with E-state index in [2.05, 4.69) is 31.2 Å². The van der Waals surface area contributed by atoms with Crippen molar-refractivity contribution in [2.24, 2.45) is 16.5 Å². The summed E-state index contributed by atoms with van der Waals surface area (Å²) in [5.41, 5.74) is 11.3. The monoisotopic (exact) mass is 640 g/mol. The van der Waals surface area contributed by atoms with Crippen LogP contribution >= 0.6 is 0 Å². The molecule has 2 rings (SSSR count). The van der Waals surface area contributed by atoms with Crippen molar-refractivity contribution in [3.63, 3.8) is 0 Å². The van der Waals surface area contributed by atoms with Gasteiger partial charge in [-0.25, -0.2) is 4.79 Å². The van der Waals surface area contributed by atoms with Crippen LogP contribution in [0.5, 0.6) is 0 Å². The molecule has 9 N–H and O–H groups in total. The summed E-state index contributed by atoms with van der Waals surface area (Å²) in [6, 6.07) is 8.16. The number of hydrogen-bond acceptors (Lipinski definition) is 9. The summed E-state index contributed by atoms with van der Waals surface area (Å²) in [6.07, 6.45) is 0.925. The number of ketones is 1. The number of benzene rings is 1. The third-order valence-electron chi connectivity index (χ3n) is 6.34. The molecule has 0 aliphatic rings. The highest BCUT2D eigenvalue weighted by Gasteiger charge is 2.34. The molecule has 0 aliphatic carbocycles. The number of aliphatic hydroxyl groups excluding tert-OH is 1. The van der Waals surface area contributed by atoms with Gasteiger partial charge in [-0.05, 0) is 57.7 Å². The minimum atomic E-state index is -1.57. The molecule has 0 aliphatic heterocycles. The number of carbonyl (C=O) groups is 5. The van der Waals surface area contributed by atoms with Crippen LogP contribution in [0.25, 0.3) is 0 Å². The molecule has 2 aromatic rings. The van der Waals surface area contributed by atoms with E-state index in [1.165, 1.54) is 13.1 Å². The van der Waals surface area contributed by atoms with E-state index in [1.54, 1.807) is 63.4 Å². The number of amides is 4. The normalized spacial score (nSPS) is 13.6. The first kappa shape index (κ1) is 37.1. The first-order valence-electron chi connectivity index (χ1n) is 14.7. The van der Waals surface area contributed by atoms with Crippen LogP contribution in [0.3, 0.4) is 0 Å². The molecular weight excluding hydrogens is 596 g/mol. The Morgan fingerprint density at radius 1 is 0.935 bits per heavy atom. The maximum Gasteiger partial charge on any atom is 0.408 e. The fraction of sp³-hybridized carbons (Fsp3) is 0.452. The molecule has 0 fully saturated rings. The maximum atomic E-state index is 13.5. The number of nitrogens with one attached hydrogen (secondary N) is 4. The number of nitrogens with two attached hydrogens (primary N) is 2. The van der Waals surface area contributed by atoms with Crippen molar-refractivity contribution >= 4 is 35.6 Å². The summed E-state index contributed by atoms with van der Waals surface area (Å²) in [7, 11) is 0. The molecule has 4 amide bonds. The smallest absolute Gasteiger partial charge is 0.408 e. The van der Waals surface area contributed by atoms with Crippen LogP contribution in [-0.2, 0) is 36.9 Å². The number of pyridine rings is 1. The quantitative estimate of drug-likeness (QED) is 0.0552. The van der Waals surface area contributed by atoms with E-state index in [1.807, 2.05) is 6.07 Å². The zero-order valence-electron chi connectivity index (χ0n) is 26.5. The summed E-state index contributed by atoms with van der Waals surface area (Å²) < 4.78 is 5.27. The number of aliphatic hydroxyl groups is 1. The number of ether oxygens (including phenoxy) is 1. The number of Topliss-reactive ketones (excluding diaryl/α,β-unsaturated/α-hetero) is 1. The summed E-state index contributed by atoms with van der Waals surface area (Å²) in [4.78, 5) is 73.1. The summed E-state index contributed by atoms with van der Waals surface area (Å²) in [5.74, 6) is -3.76. The lowest BCUT2D eigenvalue weighted by atomic mass is 10.0. The molecule has 0 radical (unpaired) electrons. The van der Waals surface area contributed by atoms with Gasteiger partial charge in [0.15, 0.2) is 5.96 Å². The molecule has 0 bridgehead atoms.